The Morgan fingerprint density at radius 3 is 2.53 bits per heavy atom. The molecular weight excluding hydrogens is 236 g/mol. The Labute approximate surface area is 105 Å². The molecule has 0 aliphatic heterocycles. The van der Waals surface area contributed by atoms with Crippen LogP contribution in [0.2, 0.25) is 0 Å². The van der Waals surface area contributed by atoms with Crippen molar-refractivity contribution < 1.29 is 8.42 Å². The summed E-state index contributed by atoms with van der Waals surface area (Å²) in [5.41, 5.74) is 3.84. The fraction of sp³-hybridized carbons (Fsp3) is 0.833. The minimum Gasteiger partial charge on any atom is -0.271 e. The topological polar surface area (TPSA) is 72.2 Å². The van der Waals surface area contributed by atoms with Gasteiger partial charge in [0.25, 0.3) is 0 Å². The van der Waals surface area contributed by atoms with Crippen LogP contribution in [0.15, 0.2) is 11.6 Å². The first-order valence-electron chi connectivity index (χ1n) is 6.30. The van der Waals surface area contributed by atoms with Crippen molar-refractivity contribution in [3.8, 4) is 0 Å². The molecule has 0 saturated carbocycles. The molecule has 17 heavy (non-hydrogen) atoms. The van der Waals surface area contributed by atoms with E-state index in [0.717, 1.165) is 24.8 Å². The number of nitrogens with one attached hydrogen (secondary N) is 1. The van der Waals surface area contributed by atoms with Crippen LogP contribution in [0, 0.1) is 0 Å². The molecule has 1 aliphatic carbocycles. The number of rotatable bonds is 4. The van der Waals surface area contributed by atoms with Crippen LogP contribution in [0.25, 0.3) is 0 Å². The summed E-state index contributed by atoms with van der Waals surface area (Å²) in [5.74, 6) is 5.54. The first-order chi connectivity index (χ1) is 7.96. The molecule has 1 rings (SSSR count). The van der Waals surface area contributed by atoms with E-state index in [-0.39, 0.29) is 6.04 Å². The summed E-state index contributed by atoms with van der Waals surface area (Å²) in [5, 5.41) is -0.474. The number of allylic oxidation sites excluding steroid dienone is 1. The van der Waals surface area contributed by atoms with Gasteiger partial charge >= 0.3 is 0 Å². The Hall–Kier alpha value is -0.390. The Bertz CT molecular complexity index is 363. The fourth-order valence-corrected chi connectivity index (χ4v) is 3.04. The summed E-state index contributed by atoms with van der Waals surface area (Å²) in [7, 11) is -3.07. The molecule has 0 heterocycles. The van der Waals surface area contributed by atoms with Gasteiger partial charge in [-0.3, -0.25) is 11.3 Å². The largest absolute Gasteiger partial charge is 0.271 e. The van der Waals surface area contributed by atoms with Crippen LogP contribution in [-0.4, -0.2) is 26.0 Å². The van der Waals surface area contributed by atoms with Crippen molar-refractivity contribution in [1.82, 2.24) is 5.43 Å². The Morgan fingerprint density at radius 2 is 1.94 bits per heavy atom. The molecule has 100 valence electrons. The maximum Gasteiger partial charge on any atom is 0.151 e. The van der Waals surface area contributed by atoms with Gasteiger partial charge in [-0.2, -0.15) is 0 Å². The standard InChI is InChI=1S/C12H24N2O2S/c1-10(17(2,15)16)12(14-13)11-8-6-4-3-5-7-9-11/h8,10,12,14H,3-7,9,13H2,1-2H3. The fourth-order valence-electron chi connectivity index (χ4n) is 2.29. The highest BCUT2D eigenvalue weighted by Crippen LogP contribution is 2.22. The Morgan fingerprint density at radius 1 is 1.29 bits per heavy atom. The summed E-state index contributed by atoms with van der Waals surface area (Å²) in [6.07, 6.45) is 10.2. The molecule has 2 atom stereocenters. The molecule has 2 unspecified atom stereocenters. The third-order valence-electron chi connectivity index (χ3n) is 3.55. The van der Waals surface area contributed by atoms with Gasteiger partial charge in [0.05, 0.1) is 11.3 Å². The van der Waals surface area contributed by atoms with Gasteiger partial charge in [0.15, 0.2) is 9.84 Å². The van der Waals surface area contributed by atoms with Gasteiger partial charge in [-0.05, 0) is 32.6 Å². The highest BCUT2D eigenvalue weighted by molar-refractivity contribution is 7.91. The van der Waals surface area contributed by atoms with Crippen LogP contribution in [0.1, 0.15) is 45.4 Å². The molecule has 0 aromatic rings. The van der Waals surface area contributed by atoms with Gasteiger partial charge in [0.1, 0.15) is 0 Å². The summed E-state index contributed by atoms with van der Waals surface area (Å²) < 4.78 is 23.2. The predicted molar refractivity (Wildman–Crippen MR) is 71.2 cm³/mol. The van der Waals surface area contributed by atoms with Gasteiger partial charge in [-0.15, -0.1) is 0 Å². The lowest BCUT2D eigenvalue weighted by Gasteiger charge is -2.26. The molecule has 1 aliphatic rings. The molecule has 0 aromatic heterocycles. The first-order valence-corrected chi connectivity index (χ1v) is 8.26. The second-order valence-corrected chi connectivity index (χ2v) is 7.31. The van der Waals surface area contributed by atoms with Crippen molar-refractivity contribution in [3.05, 3.63) is 11.6 Å². The second kappa shape index (κ2) is 6.52. The van der Waals surface area contributed by atoms with Crippen LogP contribution < -0.4 is 11.3 Å². The highest BCUT2D eigenvalue weighted by atomic mass is 32.2. The average molecular weight is 260 g/mol. The van der Waals surface area contributed by atoms with Crippen molar-refractivity contribution in [1.29, 1.82) is 0 Å². The third kappa shape index (κ3) is 4.41. The number of hydrogen-bond donors (Lipinski definition) is 2. The maximum absolute atomic E-state index is 11.6. The van der Waals surface area contributed by atoms with Crippen LogP contribution in [-0.2, 0) is 9.84 Å². The molecule has 0 spiro atoms. The normalized spacial score (nSPS) is 22.2. The van der Waals surface area contributed by atoms with Crippen molar-refractivity contribution in [2.24, 2.45) is 5.84 Å². The van der Waals surface area contributed by atoms with Crippen molar-refractivity contribution in [3.63, 3.8) is 0 Å². The highest BCUT2D eigenvalue weighted by Gasteiger charge is 2.27. The van der Waals surface area contributed by atoms with Gasteiger partial charge in [0, 0.05) is 6.26 Å². The van der Waals surface area contributed by atoms with E-state index in [2.05, 4.69) is 11.5 Å². The van der Waals surface area contributed by atoms with E-state index in [0.29, 0.717) is 0 Å². The van der Waals surface area contributed by atoms with Crippen molar-refractivity contribution >= 4 is 9.84 Å². The molecular formula is C12H24N2O2S. The number of hydrazine groups is 1. The smallest absolute Gasteiger partial charge is 0.151 e. The zero-order valence-corrected chi connectivity index (χ0v) is 11.6. The Kier molecular flexibility index (Phi) is 5.62. The molecule has 4 nitrogen and oxygen atoms in total. The molecule has 3 N–H and O–H groups in total. The average Bonchev–Trinajstić information content (AvgIpc) is 2.20. The summed E-state index contributed by atoms with van der Waals surface area (Å²) in [6.45, 7) is 1.72. The number of hydrogen-bond acceptors (Lipinski definition) is 4. The molecule has 0 aromatic carbocycles. The summed E-state index contributed by atoms with van der Waals surface area (Å²) in [4.78, 5) is 0. The van der Waals surface area contributed by atoms with Crippen LogP contribution in [0.4, 0.5) is 0 Å². The third-order valence-corrected chi connectivity index (χ3v) is 5.17. The SMILES string of the molecule is CC(C(NN)C1=CCCCCCC1)S(C)(=O)=O. The minimum absolute atomic E-state index is 0.247. The van der Waals surface area contributed by atoms with E-state index >= 15 is 0 Å². The van der Waals surface area contributed by atoms with E-state index in [4.69, 9.17) is 5.84 Å². The molecule has 5 heteroatoms. The van der Waals surface area contributed by atoms with Gasteiger partial charge in [-0.25, -0.2) is 8.42 Å². The van der Waals surface area contributed by atoms with Gasteiger partial charge in [-0.1, -0.05) is 24.5 Å². The number of sulfone groups is 1. The molecule has 0 radical (unpaired) electrons. The monoisotopic (exact) mass is 260 g/mol. The van der Waals surface area contributed by atoms with Gasteiger partial charge < -0.3 is 0 Å². The molecule has 0 saturated heterocycles. The lowest BCUT2D eigenvalue weighted by molar-refractivity contribution is 0.512. The number of nitrogens with two attached hydrogens (primary N) is 1. The van der Waals surface area contributed by atoms with Gasteiger partial charge in [0.2, 0.25) is 0 Å². The molecule has 0 amide bonds. The summed E-state index contributed by atoms with van der Waals surface area (Å²) >= 11 is 0. The van der Waals surface area contributed by atoms with Crippen molar-refractivity contribution in [2.75, 3.05) is 6.26 Å². The Balaban J connectivity index is 2.84. The van der Waals surface area contributed by atoms with E-state index in [1.165, 1.54) is 25.5 Å². The van der Waals surface area contributed by atoms with E-state index in [9.17, 15) is 8.42 Å². The second-order valence-electron chi connectivity index (χ2n) is 4.91. The predicted octanol–water partition coefficient (Wildman–Crippen LogP) is 1.53. The van der Waals surface area contributed by atoms with E-state index < -0.39 is 15.1 Å². The first kappa shape index (κ1) is 14.7. The quantitative estimate of drug-likeness (QED) is 0.457. The molecule has 0 fully saturated rings. The molecule has 0 bridgehead atoms. The van der Waals surface area contributed by atoms with Crippen LogP contribution >= 0.6 is 0 Å². The van der Waals surface area contributed by atoms with E-state index in [1.807, 2.05) is 0 Å². The minimum atomic E-state index is -3.07. The van der Waals surface area contributed by atoms with Crippen LogP contribution in [0.5, 0.6) is 0 Å². The zero-order valence-electron chi connectivity index (χ0n) is 10.8. The van der Waals surface area contributed by atoms with Crippen LogP contribution in [0.3, 0.4) is 0 Å². The lowest BCUT2D eigenvalue weighted by Crippen LogP contribution is -2.47. The lowest BCUT2D eigenvalue weighted by atomic mass is 9.94. The maximum atomic E-state index is 11.6. The summed E-state index contributed by atoms with van der Waals surface area (Å²) in [6, 6.07) is -0.247. The zero-order chi connectivity index (χ0) is 12.9. The van der Waals surface area contributed by atoms with E-state index in [1.54, 1.807) is 6.92 Å². The van der Waals surface area contributed by atoms with Crippen molar-refractivity contribution in [2.45, 2.75) is 56.7 Å².